The fraction of sp³-hybridized carbons (Fsp3) is 0.700. The molecule has 1 rings (SSSR count). The van der Waals surface area contributed by atoms with Crippen LogP contribution in [0.5, 0.6) is 0 Å². The molecule has 5 nitrogen and oxygen atoms in total. The maximum atomic E-state index is 5.39. The smallest absolute Gasteiger partial charge is 0.174 e. The lowest BCUT2D eigenvalue weighted by atomic mass is 10.5. The van der Waals surface area contributed by atoms with Gasteiger partial charge in [-0.05, 0) is 13.8 Å². The second-order valence-electron chi connectivity index (χ2n) is 3.10. The molecule has 15 heavy (non-hydrogen) atoms. The lowest BCUT2D eigenvalue weighted by Crippen LogP contribution is -2.26. The first-order valence-electron chi connectivity index (χ1n) is 5.23. The van der Waals surface area contributed by atoms with Gasteiger partial charge in [0.05, 0.1) is 6.54 Å². The van der Waals surface area contributed by atoms with Crippen LogP contribution in [0.3, 0.4) is 0 Å². The van der Waals surface area contributed by atoms with Gasteiger partial charge in [0.1, 0.15) is 5.82 Å². The van der Waals surface area contributed by atoms with E-state index in [-0.39, 0.29) is 6.29 Å². The van der Waals surface area contributed by atoms with E-state index in [1.54, 1.807) is 4.68 Å². The van der Waals surface area contributed by atoms with Crippen LogP contribution in [0.25, 0.3) is 0 Å². The van der Waals surface area contributed by atoms with Gasteiger partial charge in [-0.2, -0.15) is 5.10 Å². The number of hydrogen-bond donors (Lipinski definition) is 1. The number of nitrogens with zero attached hydrogens (tertiary/aromatic N) is 2. The van der Waals surface area contributed by atoms with Crippen molar-refractivity contribution in [2.75, 3.05) is 25.1 Å². The summed E-state index contributed by atoms with van der Waals surface area (Å²) in [5.41, 5.74) is 0. The average Bonchev–Trinajstić information content (AvgIpc) is 2.61. The van der Waals surface area contributed by atoms with Crippen LogP contribution in [-0.2, 0) is 16.5 Å². The highest BCUT2D eigenvalue weighted by Crippen LogP contribution is 2.02. The third kappa shape index (κ3) is 4.31. The van der Waals surface area contributed by atoms with E-state index in [9.17, 15) is 0 Å². The lowest BCUT2D eigenvalue weighted by molar-refractivity contribution is -0.126. The minimum Gasteiger partial charge on any atom is -0.363 e. The Morgan fingerprint density at radius 2 is 2.07 bits per heavy atom. The van der Waals surface area contributed by atoms with E-state index in [1.807, 2.05) is 33.2 Å². The quantitative estimate of drug-likeness (QED) is 0.692. The summed E-state index contributed by atoms with van der Waals surface area (Å²) in [6.07, 6.45) is 1.68. The molecule has 1 N–H and O–H groups in total. The highest BCUT2D eigenvalue weighted by Gasteiger charge is 2.07. The first-order valence-corrected chi connectivity index (χ1v) is 5.23. The minimum absolute atomic E-state index is 0.206. The van der Waals surface area contributed by atoms with Crippen molar-refractivity contribution >= 4 is 5.82 Å². The first-order chi connectivity index (χ1) is 7.26. The topological polar surface area (TPSA) is 48.3 Å². The third-order valence-corrected chi connectivity index (χ3v) is 1.87. The summed E-state index contributed by atoms with van der Waals surface area (Å²) in [5, 5.41) is 7.35. The Balaban J connectivity index is 2.32. The average molecular weight is 213 g/mol. The van der Waals surface area contributed by atoms with Gasteiger partial charge >= 0.3 is 0 Å². The van der Waals surface area contributed by atoms with E-state index in [1.165, 1.54) is 0 Å². The van der Waals surface area contributed by atoms with Gasteiger partial charge in [0, 0.05) is 32.5 Å². The van der Waals surface area contributed by atoms with Crippen molar-refractivity contribution in [2.45, 2.75) is 20.1 Å². The highest BCUT2D eigenvalue weighted by atomic mass is 16.7. The van der Waals surface area contributed by atoms with Crippen molar-refractivity contribution in [2.24, 2.45) is 7.05 Å². The molecule has 0 aliphatic heterocycles. The lowest BCUT2D eigenvalue weighted by Gasteiger charge is -2.16. The maximum absolute atomic E-state index is 5.39. The zero-order valence-corrected chi connectivity index (χ0v) is 9.56. The van der Waals surface area contributed by atoms with Gasteiger partial charge in [0.15, 0.2) is 6.29 Å². The predicted octanol–water partition coefficient (Wildman–Crippen LogP) is 1.23. The minimum atomic E-state index is -0.206. The molecule has 0 fully saturated rings. The van der Waals surface area contributed by atoms with Crippen LogP contribution in [-0.4, -0.2) is 35.8 Å². The van der Waals surface area contributed by atoms with Crippen molar-refractivity contribution in [1.29, 1.82) is 0 Å². The molecule has 0 aliphatic carbocycles. The summed E-state index contributed by atoms with van der Waals surface area (Å²) in [4.78, 5) is 0. The number of hydrogen-bond acceptors (Lipinski definition) is 4. The van der Waals surface area contributed by atoms with Crippen LogP contribution >= 0.6 is 0 Å². The van der Waals surface area contributed by atoms with E-state index in [4.69, 9.17) is 9.47 Å². The molecule has 0 radical (unpaired) electrons. The van der Waals surface area contributed by atoms with Gasteiger partial charge in [-0.3, -0.25) is 4.68 Å². The van der Waals surface area contributed by atoms with Crippen LogP contribution in [0.4, 0.5) is 5.82 Å². The number of ether oxygens (including phenoxy) is 2. The van der Waals surface area contributed by atoms with Crippen LogP contribution in [0.15, 0.2) is 12.3 Å². The molecule has 0 spiro atoms. The Hall–Kier alpha value is -1.07. The molecule has 1 heterocycles. The second kappa shape index (κ2) is 6.42. The molecule has 0 atom stereocenters. The summed E-state index contributed by atoms with van der Waals surface area (Å²) in [5.74, 6) is 0.835. The van der Waals surface area contributed by atoms with Crippen LogP contribution in [0, 0.1) is 0 Å². The van der Waals surface area contributed by atoms with E-state index >= 15 is 0 Å². The molecule has 0 aliphatic rings. The molecule has 5 heteroatoms. The zero-order chi connectivity index (χ0) is 11.1. The summed E-state index contributed by atoms with van der Waals surface area (Å²) < 4.78 is 12.5. The summed E-state index contributed by atoms with van der Waals surface area (Å²) in [6.45, 7) is 5.81. The van der Waals surface area contributed by atoms with Crippen molar-refractivity contribution in [3.05, 3.63) is 12.3 Å². The molecule has 0 saturated heterocycles. The van der Waals surface area contributed by atoms with Gasteiger partial charge < -0.3 is 14.8 Å². The normalized spacial score (nSPS) is 10.9. The van der Waals surface area contributed by atoms with E-state index < -0.39 is 0 Å². The first kappa shape index (κ1) is 12.0. The predicted molar refractivity (Wildman–Crippen MR) is 58.7 cm³/mol. The highest BCUT2D eigenvalue weighted by molar-refractivity contribution is 5.31. The third-order valence-electron chi connectivity index (χ3n) is 1.87. The van der Waals surface area contributed by atoms with Gasteiger partial charge in [0.2, 0.25) is 0 Å². The number of nitrogens with one attached hydrogen (secondary N) is 1. The molecule has 0 bridgehead atoms. The number of aromatic nitrogens is 2. The SMILES string of the molecule is CCOC(CNc1ccn(C)n1)OCC. The van der Waals surface area contributed by atoms with Gasteiger partial charge in [0.25, 0.3) is 0 Å². The Bertz CT molecular complexity index is 269. The Morgan fingerprint density at radius 3 is 2.53 bits per heavy atom. The van der Waals surface area contributed by atoms with Crippen molar-refractivity contribution in [1.82, 2.24) is 9.78 Å². The molecule has 1 aromatic rings. The van der Waals surface area contributed by atoms with E-state index in [0.29, 0.717) is 19.8 Å². The van der Waals surface area contributed by atoms with E-state index in [0.717, 1.165) is 5.82 Å². The van der Waals surface area contributed by atoms with Gasteiger partial charge in [-0.15, -0.1) is 0 Å². The van der Waals surface area contributed by atoms with Crippen molar-refractivity contribution in [3.63, 3.8) is 0 Å². The van der Waals surface area contributed by atoms with Crippen molar-refractivity contribution in [3.8, 4) is 0 Å². The Morgan fingerprint density at radius 1 is 1.40 bits per heavy atom. The number of anilines is 1. The molecular formula is C10H19N3O2. The number of rotatable bonds is 7. The second-order valence-corrected chi connectivity index (χ2v) is 3.10. The Labute approximate surface area is 90.4 Å². The molecule has 0 amide bonds. The van der Waals surface area contributed by atoms with Gasteiger partial charge in [-0.25, -0.2) is 0 Å². The standard InChI is InChI=1S/C10H19N3O2/c1-4-14-10(15-5-2)8-11-9-6-7-13(3)12-9/h6-7,10H,4-5,8H2,1-3H3,(H,11,12). The molecule has 0 unspecified atom stereocenters. The van der Waals surface area contributed by atoms with Crippen molar-refractivity contribution < 1.29 is 9.47 Å². The molecule has 86 valence electrons. The molecule has 1 aromatic heterocycles. The molecular weight excluding hydrogens is 194 g/mol. The van der Waals surface area contributed by atoms with Crippen LogP contribution in [0.1, 0.15) is 13.8 Å². The largest absolute Gasteiger partial charge is 0.363 e. The number of aryl methyl sites for hydroxylation is 1. The van der Waals surface area contributed by atoms with E-state index in [2.05, 4.69) is 10.4 Å². The summed E-state index contributed by atoms with van der Waals surface area (Å²) >= 11 is 0. The monoisotopic (exact) mass is 213 g/mol. The summed E-state index contributed by atoms with van der Waals surface area (Å²) in [6, 6.07) is 1.91. The van der Waals surface area contributed by atoms with Crippen LogP contribution < -0.4 is 5.32 Å². The zero-order valence-electron chi connectivity index (χ0n) is 9.56. The van der Waals surface area contributed by atoms with Gasteiger partial charge in [-0.1, -0.05) is 0 Å². The Kier molecular flexibility index (Phi) is 5.14. The fourth-order valence-corrected chi connectivity index (χ4v) is 1.24. The summed E-state index contributed by atoms with van der Waals surface area (Å²) in [7, 11) is 1.88. The van der Waals surface area contributed by atoms with Crippen LogP contribution in [0.2, 0.25) is 0 Å². The molecule has 0 saturated carbocycles. The fourth-order valence-electron chi connectivity index (χ4n) is 1.24. The molecule has 0 aromatic carbocycles. The maximum Gasteiger partial charge on any atom is 0.174 e.